The number of aryl methyl sites for hydroxylation is 1. The lowest BCUT2D eigenvalue weighted by Crippen LogP contribution is -2.15. The molecule has 0 saturated heterocycles. The Morgan fingerprint density at radius 1 is 1.43 bits per heavy atom. The molecule has 2 heteroatoms. The molecule has 1 rings (SSSR count). The summed E-state index contributed by atoms with van der Waals surface area (Å²) in [5, 5.41) is 0. The molecule has 0 N–H and O–H groups in total. The zero-order valence-electron chi connectivity index (χ0n) is 8.99. The highest BCUT2D eigenvalue weighted by atomic mass is 15.2. The molecule has 14 heavy (non-hydrogen) atoms. The Balaban J connectivity index is 2.95. The van der Waals surface area contributed by atoms with Gasteiger partial charge in [-0.25, -0.2) is 4.99 Å². The first kappa shape index (κ1) is 10.5. The molecule has 0 radical (unpaired) electrons. The number of rotatable bonds is 3. The van der Waals surface area contributed by atoms with E-state index < -0.39 is 0 Å². The Bertz CT molecular complexity index is 353. The van der Waals surface area contributed by atoms with E-state index in [1.165, 1.54) is 5.56 Å². The minimum absolute atomic E-state index is 0.752. The van der Waals surface area contributed by atoms with Crippen molar-refractivity contribution in [3.05, 3.63) is 42.2 Å². The Morgan fingerprint density at radius 3 is 2.64 bits per heavy atom. The van der Waals surface area contributed by atoms with Gasteiger partial charge in [0.1, 0.15) is 5.82 Å². The first-order chi connectivity index (χ1) is 6.66. The lowest BCUT2D eigenvalue weighted by Gasteiger charge is -2.20. The number of hydrogen-bond donors (Lipinski definition) is 0. The number of hydrogen-bond acceptors (Lipinski definition) is 2. The number of para-hydroxylation sites is 1. The summed E-state index contributed by atoms with van der Waals surface area (Å²) in [6, 6.07) is 8.18. The molecule has 0 unspecified atom stereocenters. The smallest absolute Gasteiger partial charge is 0.124 e. The minimum atomic E-state index is 0.752. The lowest BCUT2D eigenvalue weighted by molar-refractivity contribution is 1.06. The maximum atomic E-state index is 4.15. The third-order valence-electron chi connectivity index (χ3n) is 2.14. The van der Waals surface area contributed by atoms with Gasteiger partial charge in [-0.15, -0.1) is 0 Å². The van der Waals surface area contributed by atoms with Crippen molar-refractivity contribution in [3.63, 3.8) is 0 Å². The fraction of sp³-hybridized carbons (Fsp3) is 0.250. The predicted octanol–water partition coefficient (Wildman–Crippen LogP) is 2.99. The van der Waals surface area contributed by atoms with E-state index in [1.54, 1.807) is 6.21 Å². The molecule has 0 spiro atoms. The third-order valence-corrected chi connectivity index (χ3v) is 2.14. The minimum Gasteiger partial charge on any atom is -0.330 e. The molecule has 0 saturated carbocycles. The van der Waals surface area contributed by atoms with E-state index in [0.29, 0.717) is 0 Å². The first-order valence-electron chi connectivity index (χ1n) is 4.63. The Morgan fingerprint density at radius 2 is 2.07 bits per heavy atom. The third kappa shape index (κ3) is 2.22. The quantitative estimate of drug-likeness (QED) is 0.666. The molecule has 0 heterocycles. The average Bonchev–Trinajstić information content (AvgIpc) is 2.18. The van der Waals surface area contributed by atoms with Crippen LogP contribution in [0.4, 0.5) is 5.69 Å². The maximum Gasteiger partial charge on any atom is 0.124 e. The highest BCUT2D eigenvalue weighted by molar-refractivity contribution is 5.60. The van der Waals surface area contributed by atoms with Gasteiger partial charge < -0.3 is 4.90 Å². The second-order valence-electron chi connectivity index (χ2n) is 3.15. The molecule has 74 valence electrons. The second-order valence-corrected chi connectivity index (χ2v) is 3.15. The van der Waals surface area contributed by atoms with Crippen LogP contribution in [-0.4, -0.2) is 13.3 Å². The van der Waals surface area contributed by atoms with Gasteiger partial charge in [0.05, 0.1) is 0 Å². The zero-order chi connectivity index (χ0) is 10.6. The summed E-state index contributed by atoms with van der Waals surface area (Å²) < 4.78 is 0. The summed E-state index contributed by atoms with van der Waals surface area (Å²) in [7, 11) is 1.97. The van der Waals surface area contributed by atoms with Crippen molar-refractivity contribution < 1.29 is 0 Å². The number of nitrogens with zero attached hydrogens (tertiary/aromatic N) is 2. The van der Waals surface area contributed by atoms with Gasteiger partial charge in [-0.05, 0) is 25.5 Å². The average molecular weight is 188 g/mol. The normalized spacial score (nSPS) is 10.5. The van der Waals surface area contributed by atoms with Crippen molar-refractivity contribution in [2.75, 3.05) is 11.9 Å². The standard InChI is InChI=1S/C12H16N2/c1-5-13-11(3)14(4)12-9-7-6-8-10(12)2/h5-9H,3H2,1-2,4H3. The van der Waals surface area contributed by atoms with Crippen LogP contribution >= 0.6 is 0 Å². The molecule has 0 aliphatic rings. The summed E-state index contributed by atoms with van der Waals surface area (Å²) in [4.78, 5) is 6.13. The fourth-order valence-electron chi connectivity index (χ4n) is 1.31. The van der Waals surface area contributed by atoms with Crippen molar-refractivity contribution in [1.29, 1.82) is 0 Å². The fourth-order valence-corrected chi connectivity index (χ4v) is 1.31. The van der Waals surface area contributed by atoms with Crippen LogP contribution in [0.1, 0.15) is 12.5 Å². The van der Waals surface area contributed by atoms with Crippen LogP contribution in [0, 0.1) is 6.92 Å². The van der Waals surface area contributed by atoms with Gasteiger partial charge in [-0.2, -0.15) is 0 Å². The largest absolute Gasteiger partial charge is 0.330 e. The van der Waals surface area contributed by atoms with Gasteiger partial charge in [0, 0.05) is 18.9 Å². The van der Waals surface area contributed by atoms with Gasteiger partial charge in [0.2, 0.25) is 0 Å². The summed E-state index contributed by atoms with van der Waals surface area (Å²) in [6.07, 6.45) is 1.75. The molecule has 1 aromatic rings. The van der Waals surface area contributed by atoms with Crippen molar-refractivity contribution >= 4 is 11.9 Å². The SMILES string of the molecule is C=C(N=CC)N(C)c1ccccc1C. The summed E-state index contributed by atoms with van der Waals surface area (Å²) in [5.74, 6) is 0.752. The molecule has 0 bridgehead atoms. The number of aliphatic imine (C=N–C) groups is 1. The molecule has 0 amide bonds. The zero-order valence-corrected chi connectivity index (χ0v) is 8.99. The van der Waals surface area contributed by atoms with E-state index >= 15 is 0 Å². The number of benzene rings is 1. The van der Waals surface area contributed by atoms with Crippen LogP contribution in [0.3, 0.4) is 0 Å². The van der Waals surface area contributed by atoms with Crippen molar-refractivity contribution in [2.45, 2.75) is 13.8 Å². The van der Waals surface area contributed by atoms with Crippen molar-refractivity contribution in [3.8, 4) is 0 Å². The molecular formula is C12H16N2. The highest BCUT2D eigenvalue weighted by Gasteiger charge is 2.04. The second kappa shape index (κ2) is 4.61. The van der Waals surface area contributed by atoms with E-state index in [-0.39, 0.29) is 0 Å². The van der Waals surface area contributed by atoms with Gasteiger partial charge >= 0.3 is 0 Å². The summed E-state index contributed by atoms with van der Waals surface area (Å²) in [6.45, 7) is 7.85. The highest BCUT2D eigenvalue weighted by Crippen LogP contribution is 2.20. The van der Waals surface area contributed by atoms with Crippen LogP contribution in [0.15, 0.2) is 41.7 Å². The van der Waals surface area contributed by atoms with E-state index in [0.717, 1.165) is 11.5 Å². The Hall–Kier alpha value is -1.57. The summed E-state index contributed by atoms with van der Waals surface area (Å²) >= 11 is 0. The molecule has 0 aliphatic carbocycles. The van der Waals surface area contributed by atoms with E-state index in [1.807, 2.05) is 31.0 Å². The van der Waals surface area contributed by atoms with Crippen LogP contribution < -0.4 is 4.90 Å². The molecule has 0 aliphatic heterocycles. The topological polar surface area (TPSA) is 15.6 Å². The van der Waals surface area contributed by atoms with Gasteiger partial charge in [-0.1, -0.05) is 24.8 Å². The molecule has 2 nitrogen and oxygen atoms in total. The van der Waals surface area contributed by atoms with E-state index in [2.05, 4.69) is 30.6 Å². The molecule has 0 atom stereocenters. The van der Waals surface area contributed by atoms with Gasteiger partial charge in [0.15, 0.2) is 0 Å². The van der Waals surface area contributed by atoms with Crippen LogP contribution in [0.2, 0.25) is 0 Å². The summed E-state index contributed by atoms with van der Waals surface area (Å²) in [5.41, 5.74) is 2.37. The first-order valence-corrected chi connectivity index (χ1v) is 4.63. The molecule has 0 aromatic heterocycles. The van der Waals surface area contributed by atoms with Crippen LogP contribution in [-0.2, 0) is 0 Å². The van der Waals surface area contributed by atoms with Crippen LogP contribution in [0.5, 0.6) is 0 Å². The predicted molar refractivity (Wildman–Crippen MR) is 62.9 cm³/mol. The monoisotopic (exact) mass is 188 g/mol. The molecule has 0 fully saturated rings. The molecular weight excluding hydrogens is 172 g/mol. The Labute approximate surface area is 85.6 Å². The maximum absolute atomic E-state index is 4.15. The van der Waals surface area contributed by atoms with Gasteiger partial charge in [-0.3, -0.25) is 0 Å². The lowest BCUT2D eigenvalue weighted by atomic mass is 10.2. The molecule has 1 aromatic carbocycles. The van der Waals surface area contributed by atoms with Gasteiger partial charge in [0.25, 0.3) is 0 Å². The van der Waals surface area contributed by atoms with E-state index in [4.69, 9.17) is 0 Å². The van der Waals surface area contributed by atoms with E-state index in [9.17, 15) is 0 Å². The van der Waals surface area contributed by atoms with Crippen molar-refractivity contribution in [2.24, 2.45) is 4.99 Å². The van der Waals surface area contributed by atoms with Crippen molar-refractivity contribution in [1.82, 2.24) is 0 Å². The number of anilines is 1. The Kier molecular flexibility index (Phi) is 3.46. The van der Waals surface area contributed by atoms with Crippen LogP contribution in [0.25, 0.3) is 0 Å².